The number of carbonyl (C=O) groups is 2. The Hall–Kier alpha value is -3.42. The molecule has 0 saturated heterocycles. The van der Waals surface area contributed by atoms with Crippen molar-refractivity contribution in [3.8, 4) is 5.69 Å². The molecule has 3 aromatic rings. The van der Waals surface area contributed by atoms with Gasteiger partial charge in [0.1, 0.15) is 0 Å². The number of hydrogen-bond donors (Lipinski definition) is 2. The first-order chi connectivity index (χ1) is 11.9. The molecule has 128 valence electrons. The number of nitrogens with one attached hydrogen (secondary N) is 1. The van der Waals surface area contributed by atoms with Gasteiger partial charge in [-0.15, -0.1) is 0 Å². The molecule has 25 heavy (non-hydrogen) atoms. The van der Waals surface area contributed by atoms with Crippen LogP contribution in [-0.2, 0) is 6.54 Å². The van der Waals surface area contributed by atoms with E-state index in [2.05, 4.69) is 15.4 Å². The van der Waals surface area contributed by atoms with E-state index in [4.69, 9.17) is 9.52 Å². The summed E-state index contributed by atoms with van der Waals surface area (Å²) in [5.74, 6) is -0.778. The lowest BCUT2D eigenvalue weighted by atomic mass is 10.2. The van der Waals surface area contributed by atoms with Gasteiger partial charge in [0.05, 0.1) is 11.4 Å². The molecule has 0 spiro atoms. The fraction of sp³-hybridized carbons (Fsp3) is 0.176. The number of hydrogen-bond acceptors (Lipinski definition) is 5. The summed E-state index contributed by atoms with van der Waals surface area (Å²) in [6, 6.07) is 8.70. The third kappa shape index (κ3) is 3.57. The molecule has 0 fully saturated rings. The predicted molar refractivity (Wildman–Crippen MR) is 87.7 cm³/mol. The summed E-state index contributed by atoms with van der Waals surface area (Å²) in [7, 11) is 0. The number of aromatic nitrogens is 3. The van der Waals surface area contributed by atoms with Crippen molar-refractivity contribution in [1.29, 1.82) is 0 Å². The van der Waals surface area contributed by atoms with Gasteiger partial charge in [0.25, 0.3) is 5.91 Å². The maximum atomic E-state index is 12.2. The lowest BCUT2D eigenvalue weighted by Crippen LogP contribution is -2.23. The van der Waals surface area contributed by atoms with E-state index < -0.39 is 5.97 Å². The minimum absolute atomic E-state index is 0.0325. The summed E-state index contributed by atoms with van der Waals surface area (Å²) in [6.45, 7) is 3.69. The molecule has 1 amide bonds. The van der Waals surface area contributed by atoms with Crippen LogP contribution < -0.4 is 5.32 Å². The Morgan fingerprint density at radius 2 is 2.08 bits per heavy atom. The molecule has 0 unspecified atom stereocenters. The highest BCUT2D eigenvalue weighted by atomic mass is 16.4. The van der Waals surface area contributed by atoms with Gasteiger partial charge in [-0.3, -0.25) is 4.79 Å². The van der Waals surface area contributed by atoms with Crippen molar-refractivity contribution in [2.24, 2.45) is 0 Å². The number of carboxylic acids is 1. The average molecular weight is 340 g/mol. The van der Waals surface area contributed by atoms with E-state index in [1.54, 1.807) is 26.1 Å². The van der Waals surface area contributed by atoms with E-state index >= 15 is 0 Å². The summed E-state index contributed by atoms with van der Waals surface area (Å²) in [5, 5.41) is 15.7. The number of amides is 1. The lowest BCUT2D eigenvalue weighted by Gasteiger charge is -2.07. The zero-order valence-corrected chi connectivity index (χ0v) is 13.7. The first-order valence-electron chi connectivity index (χ1n) is 7.54. The number of carboxylic acid groups (broad SMARTS) is 1. The van der Waals surface area contributed by atoms with Crippen LogP contribution >= 0.6 is 0 Å². The minimum Gasteiger partial charge on any atom is -0.476 e. The van der Waals surface area contributed by atoms with Gasteiger partial charge in [0, 0.05) is 19.7 Å². The Balaban J connectivity index is 1.72. The molecule has 0 aliphatic rings. The zero-order chi connectivity index (χ0) is 18.0. The van der Waals surface area contributed by atoms with E-state index in [1.165, 1.54) is 10.7 Å². The molecular weight excluding hydrogens is 324 g/mol. The standard InChI is InChI=1S/C17H16N4O4/c1-10-15(25-11(2)19-10)16(22)18-9-12-4-3-5-13(8-12)21-7-6-14(20-21)17(23)24/h3-8H,9H2,1-2H3,(H,18,22)(H,23,24). The zero-order valence-electron chi connectivity index (χ0n) is 13.7. The normalized spacial score (nSPS) is 10.6. The maximum Gasteiger partial charge on any atom is 0.356 e. The van der Waals surface area contributed by atoms with Crippen LogP contribution in [0.3, 0.4) is 0 Å². The predicted octanol–water partition coefficient (Wildman–Crippen LogP) is 2.11. The fourth-order valence-electron chi connectivity index (χ4n) is 2.40. The van der Waals surface area contributed by atoms with Gasteiger partial charge in [-0.05, 0) is 30.7 Å². The number of oxazole rings is 1. The molecule has 0 aliphatic carbocycles. The lowest BCUT2D eigenvalue weighted by molar-refractivity contribution is 0.0689. The number of rotatable bonds is 5. The number of nitrogens with zero attached hydrogens (tertiary/aromatic N) is 3. The van der Waals surface area contributed by atoms with Crippen LogP contribution in [0, 0.1) is 13.8 Å². The van der Waals surface area contributed by atoms with E-state index in [0.29, 0.717) is 23.8 Å². The maximum absolute atomic E-state index is 12.2. The van der Waals surface area contributed by atoms with E-state index in [0.717, 1.165) is 5.56 Å². The molecule has 2 aromatic heterocycles. The van der Waals surface area contributed by atoms with Crippen LogP contribution in [0.15, 0.2) is 40.9 Å². The molecule has 0 bridgehead atoms. The van der Waals surface area contributed by atoms with Crippen LogP contribution in [0.4, 0.5) is 0 Å². The van der Waals surface area contributed by atoms with Gasteiger partial charge in [-0.2, -0.15) is 5.10 Å². The van der Waals surface area contributed by atoms with Gasteiger partial charge in [0.2, 0.25) is 5.76 Å². The Bertz CT molecular complexity index is 942. The highest BCUT2D eigenvalue weighted by Crippen LogP contribution is 2.12. The van der Waals surface area contributed by atoms with Gasteiger partial charge >= 0.3 is 5.97 Å². The second-order valence-corrected chi connectivity index (χ2v) is 5.45. The van der Waals surface area contributed by atoms with Crippen molar-refractivity contribution in [2.45, 2.75) is 20.4 Å². The smallest absolute Gasteiger partial charge is 0.356 e. The molecule has 8 nitrogen and oxygen atoms in total. The molecule has 2 heterocycles. The van der Waals surface area contributed by atoms with Crippen molar-refractivity contribution in [2.75, 3.05) is 0 Å². The number of aryl methyl sites for hydroxylation is 2. The van der Waals surface area contributed by atoms with Crippen molar-refractivity contribution in [1.82, 2.24) is 20.1 Å². The van der Waals surface area contributed by atoms with Gasteiger partial charge in [-0.1, -0.05) is 12.1 Å². The third-order valence-electron chi connectivity index (χ3n) is 3.55. The molecule has 0 saturated carbocycles. The van der Waals surface area contributed by atoms with Crippen LogP contribution in [0.2, 0.25) is 0 Å². The van der Waals surface area contributed by atoms with Crippen molar-refractivity contribution < 1.29 is 19.1 Å². The molecule has 3 rings (SSSR count). The highest BCUT2D eigenvalue weighted by Gasteiger charge is 2.15. The van der Waals surface area contributed by atoms with Crippen LogP contribution in [-0.4, -0.2) is 31.7 Å². The highest BCUT2D eigenvalue weighted by molar-refractivity contribution is 5.92. The van der Waals surface area contributed by atoms with Gasteiger partial charge in [-0.25, -0.2) is 14.5 Å². The van der Waals surface area contributed by atoms with Crippen molar-refractivity contribution in [3.63, 3.8) is 0 Å². The van der Waals surface area contributed by atoms with Crippen LogP contribution in [0.5, 0.6) is 0 Å². The fourth-order valence-corrected chi connectivity index (χ4v) is 2.40. The first kappa shape index (κ1) is 16.4. The minimum atomic E-state index is -1.08. The average Bonchev–Trinajstić information content (AvgIpc) is 3.19. The summed E-state index contributed by atoms with van der Waals surface area (Å²) < 4.78 is 6.76. The SMILES string of the molecule is Cc1nc(C)c(C(=O)NCc2cccc(-n3ccc(C(=O)O)n3)c2)o1. The van der Waals surface area contributed by atoms with E-state index in [9.17, 15) is 9.59 Å². The second-order valence-electron chi connectivity index (χ2n) is 5.45. The Labute approximate surface area is 143 Å². The third-order valence-corrected chi connectivity index (χ3v) is 3.55. The van der Waals surface area contributed by atoms with Crippen molar-refractivity contribution >= 4 is 11.9 Å². The molecule has 1 aromatic carbocycles. The Morgan fingerprint density at radius 1 is 1.28 bits per heavy atom. The van der Waals surface area contributed by atoms with Gasteiger partial charge in [0.15, 0.2) is 11.6 Å². The Morgan fingerprint density at radius 3 is 2.72 bits per heavy atom. The van der Waals surface area contributed by atoms with Crippen molar-refractivity contribution in [3.05, 3.63) is 65.1 Å². The quantitative estimate of drug-likeness (QED) is 0.736. The molecular formula is C17H16N4O4. The summed E-state index contributed by atoms with van der Waals surface area (Å²) >= 11 is 0. The summed E-state index contributed by atoms with van der Waals surface area (Å²) in [5.41, 5.74) is 2.05. The number of carbonyl (C=O) groups excluding carboxylic acids is 1. The molecule has 0 radical (unpaired) electrons. The summed E-state index contributed by atoms with van der Waals surface area (Å²) in [4.78, 5) is 27.1. The molecule has 0 atom stereocenters. The molecule has 2 N–H and O–H groups in total. The van der Waals surface area contributed by atoms with E-state index in [-0.39, 0.29) is 17.4 Å². The molecule has 0 aliphatic heterocycles. The first-order valence-corrected chi connectivity index (χ1v) is 7.54. The largest absolute Gasteiger partial charge is 0.476 e. The van der Waals surface area contributed by atoms with E-state index in [1.807, 2.05) is 18.2 Å². The Kier molecular flexibility index (Phi) is 4.34. The molecule has 8 heteroatoms. The second kappa shape index (κ2) is 6.60. The van der Waals surface area contributed by atoms with Gasteiger partial charge < -0.3 is 14.8 Å². The number of benzene rings is 1. The monoisotopic (exact) mass is 340 g/mol. The van der Waals surface area contributed by atoms with Crippen LogP contribution in [0.25, 0.3) is 5.69 Å². The summed E-state index contributed by atoms with van der Waals surface area (Å²) in [6.07, 6.45) is 1.57. The number of aromatic carboxylic acids is 1. The van der Waals surface area contributed by atoms with Crippen LogP contribution in [0.1, 0.15) is 38.2 Å². The topological polar surface area (TPSA) is 110 Å².